The summed E-state index contributed by atoms with van der Waals surface area (Å²) in [5.41, 5.74) is 1.10. The van der Waals surface area contributed by atoms with Gasteiger partial charge in [0.05, 0.1) is 16.2 Å². The molecule has 0 fully saturated rings. The molecule has 5 heteroatoms. The highest BCUT2D eigenvalue weighted by Gasteiger charge is 2.17. The molecule has 0 spiro atoms. The van der Waals surface area contributed by atoms with E-state index in [-0.39, 0.29) is 16.6 Å². The van der Waals surface area contributed by atoms with Crippen molar-refractivity contribution >= 4 is 28.4 Å². The molecular weight excluding hydrogens is 296 g/mol. The Morgan fingerprint density at radius 3 is 2.55 bits per heavy atom. The van der Waals surface area contributed by atoms with Gasteiger partial charge in [0.15, 0.2) is 10.9 Å². The van der Waals surface area contributed by atoms with E-state index in [1.54, 1.807) is 30.3 Å². The number of hydrogen-bond acceptors (Lipinski definition) is 4. The summed E-state index contributed by atoms with van der Waals surface area (Å²) in [6, 6.07) is 16.3. The Morgan fingerprint density at radius 2 is 1.77 bits per heavy atom. The monoisotopic (exact) mass is 310 g/mol. The highest BCUT2D eigenvalue weighted by Crippen LogP contribution is 2.22. The molecule has 0 bridgehead atoms. The van der Waals surface area contributed by atoms with E-state index < -0.39 is 0 Å². The lowest BCUT2D eigenvalue weighted by Crippen LogP contribution is -2.16. The number of H-pyrrole nitrogens is 1. The molecule has 1 atom stereocenters. The van der Waals surface area contributed by atoms with E-state index in [9.17, 15) is 9.59 Å². The number of carbonyl (C=O) groups is 1. The first kappa shape index (κ1) is 14.5. The first-order valence-corrected chi connectivity index (χ1v) is 7.78. The van der Waals surface area contributed by atoms with Crippen molar-refractivity contribution < 1.29 is 4.79 Å². The van der Waals surface area contributed by atoms with Crippen molar-refractivity contribution in [1.29, 1.82) is 0 Å². The largest absolute Gasteiger partial charge is 0.301 e. The summed E-state index contributed by atoms with van der Waals surface area (Å²) in [5.74, 6) is 0.0152. The molecule has 0 aliphatic carbocycles. The second-order valence-corrected chi connectivity index (χ2v) is 6.21. The fourth-order valence-electron chi connectivity index (χ4n) is 2.18. The van der Waals surface area contributed by atoms with Crippen molar-refractivity contribution in [2.45, 2.75) is 17.3 Å². The lowest BCUT2D eigenvalue weighted by atomic mass is 10.1. The van der Waals surface area contributed by atoms with Crippen LogP contribution < -0.4 is 5.56 Å². The van der Waals surface area contributed by atoms with Gasteiger partial charge in [0.25, 0.3) is 5.56 Å². The zero-order chi connectivity index (χ0) is 15.5. The van der Waals surface area contributed by atoms with Gasteiger partial charge in [-0.05, 0) is 19.1 Å². The summed E-state index contributed by atoms with van der Waals surface area (Å²) in [6.07, 6.45) is 0. The van der Waals surface area contributed by atoms with E-state index in [1.165, 1.54) is 11.8 Å². The third-order valence-corrected chi connectivity index (χ3v) is 4.29. The number of carbonyl (C=O) groups excluding carboxylic acids is 1. The number of thioether (sulfide) groups is 1. The molecule has 0 amide bonds. The smallest absolute Gasteiger partial charge is 0.259 e. The first-order valence-electron chi connectivity index (χ1n) is 6.90. The number of hydrogen-bond donors (Lipinski definition) is 1. The molecule has 1 aromatic heterocycles. The minimum absolute atomic E-state index is 0.0152. The Balaban J connectivity index is 1.87. The van der Waals surface area contributed by atoms with Gasteiger partial charge in [-0.2, -0.15) is 0 Å². The molecule has 110 valence electrons. The number of benzene rings is 2. The van der Waals surface area contributed by atoms with Gasteiger partial charge < -0.3 is 4.98 Å². The van der Waals surface area contributed by atoms with Gasteiger partial charge in [-0.25, -0.2) is 4.98 Å². The van der Waals surface area contributed by atoms with Crippen molar-refractivity contribution in [2.24, 2.45) is 0 Å². The van der Waals surface area contributed by atoms with Gasteiger partial charge in [0.1, 0.15) is 0 Å². The Labute approximate surface area is 131 Å². The van der Waals surface area contributed by atoms with Gasteiger partial charge in [-0.15, -0.1) is 0 Å². The van der Waals surface area contributed by atoms with Gasteiger partial charge >= 0.3 is 0 Å². The van der Waals surface area contributed by atoms with Crippen molar-refractivity contribution in [2.75, 3.05) is 0 Å². The maximum atomic E-state index is 12.4. The van der Waals surface area contributed by atoms with Crippen LogP contribution in [0.3, 0.4) is 0 Å². The molecule has 3 aromatic rings. The van der Waals surface area contributed by atoms with Crippen LogP contribution in [0.1, 0.15) is 17.3 Å². The molecule has 4 nitrogen and oxygen atoms in total. The number of para-hydroxylation sites is 1. The Kier molecular flexibility index (Phi) is 4.06. The van der Waals surface area contributed by atoms with Crippen molar-refractivity contribution in [3.8, 4) is 0 Å². The van der Waals surface area contributed by atoms with Gasteiger partial charge in [0, 0.05) is 5.56 Å². The van der Waals surface area contributed by atoms with E-state index >= 15 is 0 Å². The maximum absolute atomic E-state index is 12.4. The van der Waals surface area contributed by atoms with Crippen LogP contribution in [0, 0.1) is 0 Å². The first-order chi connectivity index (χ1) is 10.6. The van der Waals surface area contributed by atoms with Crippen LogP contribution >= 0.6 is 11.8 Å². The standard InChI is InChI=1S/C17H14N2O2S/c1-11(15(20)12-7-3-2-4-8-12)22-17-18-14-10-6-5-9-13(14)16(21)19-17/h2-11H,1H3,(H,18,19,21). The number of aromatic nitrogens is 2. The molecule has 22 heavy (non-hydrogen) atoms. The third-order valence-electron chi connectivity index (χ3n) is 3.31. The lowest BCUT2D eigenvalue weighted by molar-refractivity contribution is 0.0994. The fourth-order valence-corrected chi connectivity index (χ4v) is 3.06. The van der Waals surface area contributed by atoms with Crippen LogP contribution in [0.25, 0.3) is 10.9 Å². The molecule has 3 rings (SSSR count). The van der Waals surface area contributed by atoms with Crippen LogP contribution in [0.15, 0.2) is 64.5 Å². The predicted molar refractivity (Wildman–Crippen MR) is 88.5 cm³/mol. The normalized spacial score (nSPS) is 12.2. The van der Waals surface area contributed by atoms with Crippen molar-refractivity contribution in [3.63, 3.8) is 0 Å². The highest BCUT2D eigenvalue weighted by molar-refractivity contribution is 8.00. The molecule has 1 heterocycles. The van der Waals surface area contributed by atoms with Gasteiger partial charge in [-0.1, -0.05) is 54.2 Å². The molecule has 0 saturated carbocycles. The van der Waals surface area contributed by atoms with Crippen molar-refractivity contribution in [3.05, 3.63) is 70.5 Å². The SMILES string of the molecule is CC(Sc1nc2ccccc2c(=O)[nH]1)C(=O)c1ccccc1. The average Bonchev–Trinajstić information content (AvgIpc) is 2.55. The quantitative estimate of drug-likeness (QED) is 0.456. The topological polar surface area (TPSA) is 62.8 Å². The summed E-state index contributed by atoms with van der Waals surface area (Å²) in [5, 5.41) is 0.682. The number of nitrogens with one attached hydrogen (secondary N) is 1. The van der Waals surface area contributed by atoms with Crippen LogP contribution in [-0.2, 0) is 0 Å². The summed E-state index contributed by atoms with van der Waals surface area (Å²) in [7, 11) is 0. The number of aromatic amines is 1. The maximum Gasteiger partial charge on any atom is 0.259 e. The average molecular weight is 310 g/mol. The zero-order valence-electron chi connectivity index (χ0n) is 11.9. The molecule has 0 radical (unpaired) electrons. The number of rotatable bonds is 4. The van der Waals surface area contributed by atoms with Crippen LogP contribution in [-0.4, -0.2) is 21.0 Å². The van der Waals surface area contributed by atoms with E-state index in [0.29, 0.717) is 21.6 Å². The molecular formula is C17H14N2O2S. The molecule has 0 aliphatic rings. The zero-order valence-corrected chi connectivity index (χ0v) is 12.8. The Hall–Kier alpha value is -2.40. The highest BCUT2D eigenvalue weighted by atomic mass is 32.2. The summed E-state index contributed by atoms with van der Waals surface area (Å²) < 4.78 is 0. The third kappa shape index (κ3) is 2.94. The van der Waals surface area contributed by atoms with Crippen molar-refractivity contribution in [1.82, 2.24) is 9.97 Å². The molecule has 0 saturated heterocycles. The molecule has 2 aromatic carbocycles. The molecule has 0 aliphatic heterocycles. The minimum atomic E-state index is -0.327. The summed E-state index contributed by atoms with van der Waals surface area (Å²) in [6.45, 7) is 1.81. The Bertz CT molecular complexity index is 874. The number of fused-ring (bicyclic) bond motifs is 1. The second kappa shape index (κ2) is 6.15. The Morgan fingerprint density at radius 1 is 1.09 bits per heavy atom. The number of nitrogens with zero attached hydrogens (tertiary/aromatic N) is 1. The van der Waals surface area contributed by atoms with E-state index in [1.807, 2.05) is 31.2 Å². The minimum Gasteiger partial charge on any atom is -0.301 e. The summed E-state index contributed by atoms with van der Waals surface area (Å²) >= 11 is 1.26. The fraction of sp³-hybridized carbons (Fsp3) is 0.118. The van der Waals surface area contributed by atoms with Gasteiger partial charge in [-0.3, -0.25) is 9.59 Å². The van der Waals surface area contributed by atoms with E-state index in [0.717, 1.165) is 0 Å². The number of ketones is 1. The second-order valence-electron chi connectivity index (χ2n) is 4.88. The van der Waals surface area contributed by atoms with Crippen LogP contribution in [0.4, 0.5) is 0 Å². The predicted octanol–water partition coefficient (Wildman–Crippen LogP) is 3.29. The molecule has 1 N–H and O–H groups in total. The van der Waals surface area contributed by atoms with Crippen LogP contribution in [0.5, 0.6) is 0 Å². The number of Topliss-reactive ketones (excluding diaryl/α,β-unsaturated/α-hetero) is 1. The van der Waals surface area contributed by atoms with E-state index in [2.05, 4.69) is 9.97 Å². The van der Waals surface area contributed by atoms with E-state index in [4.69, 9.17) is 0 Å². The molecule has 1 unspecified atom stereocenters. The summed E-state index contributed by atoms with van der Waals surface area (Å²) in [4.78, 5) is 31.5. The van der Waals surface area contributed by atoms with Gasteiger partial charge in [0.2, 0.25) is 0 Å². The lowest BCUT2D eigenvalue weighted by Gasteiger charge is -2.09. The van der Waals surface area contributed by atoms with Crippen LogP contribution in [0.2, 0.25) is 0 Å².